The van der Waals surface area contributed by atoms with Crippen LogP contribution in [-0.4, -0.2) is 13.1 Å². The van der Waals surface area contributed by atoms with E-state index in [0.717, 1.165) is 36.2 Å². The van der Waals surface area contributed by atoms with Crippen molar-refractivity contribution in [1.29, 1.82) is 0 Å². The molecule has 0 spiro atoms. The molecule has 4 unspecified atom stereocenters. The van der Waals surface area contributed by atoms with Gasteiger partial charge in [-0.3, -0.25) is 0 Å². The number of esters is 1. The van der Waals surface area contributed by atoms with Gasteiger partial charge in [0.15, 0.2) is 0 Å². The van der Waals surface area contributed by atoms with Crippen LogP contribution in [0.25, 0.3) is 0 Å². The zero-order valence-electron chi connectivity index (χ0n) is 18.4. The molecule has 31 heavy (non-hydrogen) atoms. The summed E-state index contributed by atoms with van der Waals surface area (Å²) in [7, 11) is 1.57. The number of halogens is 1. The Morgan fingerprint density at radius 1 is 0.968 bits per heavy atom. The van der Waals surface area contributed by atoms with Gasteiger partial charge in [-0.05, 0) is 111 Å². The SMILES string of the molecule is C/C=C/C1CCC2CC(c3ccc(C(=O)Oc4ccc(OC)cc4)c(F)c3)CCC2C1. The average molecular weight is 423 g/mol. The summed E-state index contributed by atoms with van der Waals surface area (Å²) in [6, 6.07) is 11.7. The van der Waals surface area contributed by atoms with Gasteiger partial charge in [0.05, 0.1) is 12.7 Å². The lowest BCUT2D eigenvalue weighted by Gasteiger charge is -2.41. The number of benzene rings is 2. The van der Waals surface area contributed by atoms with E-state index in [0.29, 0.717) is 17.4 Å². The van der Waals surface area contributed by atoms with E-state index >= 15 is 0 Å². The van der Waals surface area contributed by atoms with Gasteiger partial charge in [-0.2, -0.15) is 0 Å². The first kappa shape index (κ1) is 21.6. The first-order valence-corrected chi connectivity index (χ1v) is 11.4. The van der Waals surface area contributed by atoms with Crippen molar-refractivity contribution < 1.29 is 18.7 Å². The minimum Gasteiger partial charge on any atom is -0.497 e. The van der Waals surface area contributed by atoms with Crippen molar-refractivity contribution in [3.05, 3.63) is 71.6 Å². The summed E-state index contributed by atoms with van der Waals surface area (Å²) in [5.74, 6) is 2.49. The Balaban J connectivity index is 1.40. The molecule has 0 saturated heterocycles. The molecule has 0 heterocycles. The van der Waals surface area contributed by atoms with Gasteiger partial charge < -0.3 is 9.47 Å². The molecule has 2 aromatic rings. The van der Waals surface area contributed by atoms with Crippen LogP contribution in [0.5, 0.6) is 11.5 Å². The van der Waals surface area contributed by atoms with Crippen LogP contribution in [0.3, 0.4) is 0 Å². The lowest BCUT2D eigenvalue weighted by molar-refractivity contribution is 0.0729. The number of carbonyl (C=O) groups excluding carboxylic acids is 1. The second-order valence-electron chi connectivity index (χ2n) is 8.93. The third-order valence-corrected chi connectivity index (χ3v) is 7.07. The number of hydrogen-bond donors (Lipinski definition) is 0. The molecule has 3 nitrogen and oxygen atoms in total. The maximum Gasteiger partial charge on any atom is 0.346 e. The third-order valence-electron chi connectivity index (χ3n) is 7.07. The Labute approximate surface area is 184 Å². The Hall–Kier alpha value is -2.62. The number of rotatable bonds is 5. The summed E-state index contributed by atoms with van der Waals surface area (Å²) in [6.45, 7) is 2.11. The molecule has 0 amide bonds. The molecule has 0 aromatic heterocycles. The number of ether oxygens (including phenoxy) is 2. The van der Waals surface area contributed by atoms with Crippen LogP contribution >= 0.6 is 0 Å². The number of carbonyl (C=O) groups is 1. The summed E-state index contributed by atoms with van der Waals surface area (Å²) in [4.78, 5) is 12.4. The van der Waals surface area contributed by atoms with Crippen molar-refractivity contribution in [1.82, 2.24) is 0 Å². The van der Waals surface area contributed by atoms with Crippen LogP contribution in [-0.2, 0) is 0 Å². The van der Waals surface area contributed by atoms with Gasteiger partial charge in [-0.1, -0.05) is 18.2 Å². The lowest BCUT2D eigenvalue weighted by atomic mass is 9.64. The third kappa shape index (κ3) is 5.00. The standard InChI is InChI=1S/C27H31FO3/c1-3-4-18-5-6-20-16-21(8-7-19(20)15-18)22-9-14-25(26(28)17-22)27(29)31-24-12-10-23(30-2)11-13-24/h3-4,9-14,17-21H,5-8,15-16H2,1-2H3/b4-3+. The largest absolute Gasteiger partial charge is 0.497 e. The number of fused-ring (bicyclic) bond motifs is 1. The van der Waals surface area contributed by atoms with E-state index in [4.69, 9.17) is 9.47 Å². The van der Waals surface area contributed by atoms with Crippen LogP contribution in [0.15, 0.2) is 54.6 Å². The summed E-state index contributed by atoms with van der Waals surface area (Å²) in [6.07, 6.45) is 11.8. The topological polar surface area (TPSA) is 35.5 Å². The van der Waals surface area contributed by atoms with E-state index in [1.54, 1.807) is 43.5 Å². The van der Waals surface area contributed by atoms with Gasteiger partial charge in [0.25, 0.3) is 0 Å². The molecular weight excluding hydrogens is 391 g/mol. The molecule has 0 aliphatic heterocycles. The highest BCUT2D eigenvalue weighted by Crippen LogP contribution is 2.48. The van der Waals surface area contributed by atoms with Gasteiger partial charge in [-0.15, -0.1) is 0 Å². The Morgan fingerprint density at radius 2 is 1.68 bits per heavy atom. The molecule has 4 heteroatoms. The van der Waals surface area contributed by atoms with Crippen LogP contribution in [0.1, 0.15) is 67.3 Å². The van der Waals surface area contributed by atoms with Crippen LogP contribution < -0.4 is 9.47 Å². The monoisotopic (exact) mass is 422 g/mol. The summed E-state index contributed by atoms with van der Waals surface area (Å²) >= 11 is 0. The summed E-state index contributed by atoms with van der Waals surface area (Å²) < 4.78 is 25.2. The highest BCUT2D eigenvalue weighted by atomic mass is 19.1. The zero-order valence-corrected chi connectivity index (χ0v) is 18.4. The highest BCUT2D eigenvalue weighted by molar-refractivity contribution is 5.91. The van der Waals surface area contributed by atoms with Gasteiger partial charge in [0.1, 0.15) is 17.3 Å². The van der Waals surface area contributed by atoms with Crippen molar-refractivity contribution in [3.8, 4) is 11.5 Å². The molecule has 4 rings (SSSR count). The first-order chi connectivity index (χ1) is 15.1. The van der Waals surface area contributed by atoms with Gasteiger partial charge in [0, 0.05) is 0 Å². The first-order valence-electron chi connectivity index (χ1n) is 11.4. The van der Waals surface area contributed by atoms with Crippen molar-refractivity contribution in [2.24, 2.45) is 17.8 Å². The van der Waals surface area contributed by atoms with Crippen LogP contribution in [0.4, 0.5) is 4.39 Å². The summed E-state index contributed by atoms with van der Waals surface area (Å²) in [5.41, 5.74) is 0.979. The van der Waals surface area contributed by atoms with Crippen LogP contribution in [0, 0.1) is 23.6 Å². The number of methoxy groups -OCH3 is 1. The molecule has 2 fully saturated rings. The van der Waals surface area contributed by atoms with Gasteiger partial charge >= 0.3 is 5.97 Å². The van der Waals surface area contributed by atoms with Crippen molar-refractivity contribution in [2.75, 3.05) is 7.11 Å². The molecular formula is C27H31FO3. The van der Waals surface area contributed by atoms with Crippen molar-refractivity contribution >= 4 is 5.97 Å². The Morgan fingerprint density at radius 3 is 2.39 bits per heavy atom. The molecule has 2 saturated carbocycles. The molecule has 2 aliphatic rings. The van der Waals surface area contributed by atoms with E-state index in [1.807, 2.05) is 6.07 Å². The van der Waals surface area contributed by atoms with Crippen molar-refractivity contribution in [3.63, 3.8) is 0 Å². The fourth-order valence-corrected chi connectivity index (χ4v) is 5.43. The highest BCUT2D eigenvalue weighted by Gasteiger charge is 2.35. The van der Waals surface area contributed by atoms with Crippen LogP contribution in [0.2, 0.25) is 0 Å². The molecule has 4 atom stereocenters. The van der Waals surface area contributed by atoms with E-state index < -0.39 is 11.8 Å². The number of hydrogen-bond acceptors (Lipinski definition) is 3. The summed E-state index contributed by atoms with van der Waals surface area (Å²) in [5, 5.41) is 0. The lowest BCUT2D eigenvalue weighted by Crippen LogP contribution is -2.30. The maximum atomic E-state index is 14.8. The van der Waals surface area contributed by atoms with Gasteiger partial charge in [-0.25, -0.2) is 9.18 Å². The zero-order chi connectivity index (χ0) is 21.8. The second kappa shape index (κ2) is 9.67. The number of allylic oxidation sites excluding steroid dienone is 2. The Kier molecular flexibility index (Phi) is 6.74. The quantitative estimate of drug-likeness (QED) is 0.298. The fraction of sp³-hybridized carbons (Fsp3) is 0.444. The predicted molar refractivity (Wildman–Crippen MR) is 120 cm³/mol. The predicted octanol–water partition coefficient (Wildman–Crippen LogP) is 6.93. The molecule has 0 radical (unpaired) electrons. The average Bonchev–Trinajstić information content (AvgIpc) is 2.79. The smallest absolute Gasteiger partial charge is 0.346 e. The van der Waals surface area contributed by atoms with E-state index in [9.17, 15) is 9.18 Å². The fourth-order valence-electron chi connectivity index (χ4n) is 5.43. The van der Waals surface area contributed by atoms with E-state index in [-0.39, 0.29) is 5.56 Å². The van der Waals surface area contributed by atoms with E-state index in [2.05, 4.69) is 19.1 Å². The molecule has 0 N–H and O–H groups in total. The minimum absolute atomic E-state index is 0.0277. The van der Waals surface area contributed by atoms with E-state index in [1.165, 1.54) is 25.7 Å². The van der Waals surface area contributed by atoms with Crippen molar-refractivity contribution in [2.45, 2.75) is 51.4 Å². The molecule has 2 aromatic carbocycles. The Bertz CT molecular complexity index is 934. The van der Waals surface area contributed by atoms with Gasteiger partial charge in [0.2, 0.25) is 0 Å². The molecule has 164 valence electrons. The normalized spacial score (nSPS) is 25.8. The minimum atomic E-state index is -0.680. The maximum absolute atomic E-state index is 14.8. The second-order valence-corrected chi connectivity index (χ2v) is 8.93. The molecule has 2 aliphatic carbocycles. The molecule has 0 bridgehead atoms.